The van der Waals surface area contributed by atoms with Gasteiger partial charge in [0.25, 0.3) is 5.91 Å². The molecule has 1 amide bonds. The lowest BCUT2D eigenvalue weighted by Gasteiger charge is -2.10. The zero-order valence-electron chi connectivity index (χ0n) is 12.3. The van der Waals surface area contributed by atoms with Gasteiger partial charge in [-0.2, -0.15) is 0 Å². The number of anilines is 1. The number of ether oxygens (including phenoxy) is 4. The summed E-state index contributed by atoms with van der Waals surface area (Å²) in [4.78, 5) is 22.8. The van der Waals surface area contributed by atoms with Gasteiger partial charge in [-0.05, 0) is 19.1 Å². The molecule has 0 fully saturated rings. The van der Waals surface area contributed by atoms with Gasteiger partial charge in [0.2, 0.25) is 0 Å². The molecule has 0 aliphatic heterocycles. The average Bonchev–Trinajstić information content (AvgIpc) is 2.50. The van der Waals surface area contributed by atoms with Gasteiger partial charge in [-0.3, -0.25) is 4.79 Å². The summed E-state index contributed by atoms with van der Waals surface area (Å²) >= 11 is 0. The fraction of sp³-hybridized carbons (Fsp3) is 0.429. The predicted octanol–water partition coefficient (Wildman–Crippen LogP) is 1.22. The summed E-state index contributed by atoms with van der Waals surface area (Å²) in [6, 6.07) is 4.93. The molecule has 0 aromatic heterocycles. The smallest absolute Gasteiger partial charge is 0.332 e. The summed E-state index contributed by atoms with van der Waals surface area (Å²) in [7, 11) is 3.02. The maximum atomic E-state index is 11.6. The van der Waals surface area contributed by atoms with Gasteiger partial charge < -0.3 is 24.3 Å². The van der Waals surface area contributed by atoms with E-state index < -0.39 is 11.9 Å². The Balaban J connectivity index is 2.49. The van der Waals surface area contributed by atoms with Crippen molar-refractivity contribution in [3.05, 3.63) is 18.2 Å². The minimum Gasteiger partial charge on any atom is -0.493 e. The van der Waals surface area contributed by atoms with Crippen LogP contribution in [0.1, 0.15) is 6.92 Å². The van der Waals surface area contributed by atoms with E-state index in [2.05, 4.69) is 5.32 Å². The topological polar surface area (TPSA) is 83.1 Å². The standard InChI is InChI=1S/C14H19NO6/c1-4-20-9-14(17)21-8-13(16)15-10-5-6-11(18-2)12(7-10)19-3/h5-7H,4,8-9H2,1-3H3,(H,15,16). The number of methoxy groups -OCH3 is 2. The number of esters is 1. The number of hydrogen-bond acceptors (Lipinski definition) is 6. The third-order valence-corrected chi connectivity index (χ3v) is 2.46. The Hall–Kier alpha value is -2.28. The minimum absolute atomic E-state index is 0.167. The number of carbonyl (C=O) groups excluding carboxylic acids is 2. The molecule has 0 spiro atoms. The van der Waals surface area contributed by atoms with Crippen molar-refractivity contribution in [1.29, 1.82) is 0 Å². The fourth-order valence-electron chi connectivity index (χ4n) is 1.48. The monoisotopic (exact) mass is 297 g/mol. The maximum absolute atomic E-state index is 11.6. The van der Waals surface area contributed by atoms with Crippen LogP contribution >= 0.6 is 0 Å². The first-order chi connectivity index (χ1) is 10.1. The van der Waals surface area contributed by atoms with E-state index in [0.29, 0.717) is 23.8 Å². The van der Waals surface area contributed by atoms with Crippen molar-refractivity contribution in [2.24, 2.45) is 0 Å². The van der Waals surface area contributed by atoms with E-state index in [1.54, 1.807) is 25.1 Å². The molecule has 116 valence electrons. The molecule has 0 atom stereocenters. The highest BCUT2D eigenvalue weighted by atomic mass is 16.6. The maximum Gasteiger partial charge on any atom is 0.332 e. The molecule has 21 heavy (non-hydrogen) atoms. The van der Waals surface area contributed by atoms with E-state index in [1.165, 1.54) is 14.2 Å². The normalized spacial score (nSPS) is 9.86. The van der Waals surface area contributed by atoms with Crippen LogP contribution in [0.2, 0.25) is 0 Å². The molecule has 0 unspecified atom stereocenters. The van der Waals surface area contributed by atoms with Crippen LogP contribution in [0.3, 0.4) is 0 Å². The second kappa shape index (κ2) is 8.80. The van der Waals surface area contributed by atoms with Crippen molar-refractivity contribution in [1.82, 2.24) is 0 Å². The Morgan fingerprint density at radius 3 is 2.43 bits per heavy atom. The summed E-state index contributed by atoms with van der Waals surface area (Å²) in [5.41, 5.74) is 0.513. The molecule has 0 heterocycles. The molecule has 0 saturated heterocycles. The lowest BCUT2D eigenvalue weighted by Crippen LogP contribution is -2.22. The van der Waals surface area contributed by atoms with Gasteiger partial charge in [0.15, 0.2) is 18.1 Å². The highest BCUT2D eigenvalue weighted by Crippen LogP contribution is 2.29. The van der Waals surface area contributed by atoms with Crippen molar-refractivity contribution in [3.63, 3.8) is 0 Å². The van der Waals surface area contributed by atoms with Gasteiger partial charge in [0, 0.05) is 18.4 Å². The van der Waals surface area contributed by atoms with Gasteiger partial charge in [-0.25, -0.2) is 4.79 Å². The molecule has 0 saturated carbocycles. The van der Waals surface area contributed by atoms with Crippen molar-refractivity contribution in [3.8, 4) is 11.5 Å². The highest BCUT2D eigenvalue weighted by molar-refractivity contribution is 5.93. The van der Waals surface area contributed by atoms with E-state index >= 15 is 0 Å². The van der Waals surface area contributed by atoms with Crippen molar-refractivity contribution in [2.75, 3.05) is 39.4 Å². The van der Waals surface area contributed by atoms with E-state index in [0.717, 1.165) is 0 Å². The first-order valence-corrected chi connectivity index (χ1v) is 6.36. The van der Waals surface area contributed by atoms with E-state index in [4.69, 9.17) is 18.9 Å². The Labute approximate surface area is 123 Å². The Morgan fingerprint density at radius 1 is 1.10 bits per heavy atom. The fourth-order valence-corrected chi connectivity index (χ4v) is 1.48. The highest BCUT2D eigenvalue weighted by Gasteiger charge is 2.10. The summed E-state index contributed by atoms with van der Waals surface area (Å²) in [6.07, 6.45) is 0. The predicted molar refractivity (Wildman–Crippen MR) is 75.6 cm³/mol. The lowest BCUT2D eigenvalue weighted by molar-refractivity contribution is -0.151. The summed E-state index contributed by atoms with van der Waals surface area (Å²) < 4.78 is 19.8. The van der Waals surface area contributed by atoms with Gasteiger partial charge in [0.1, 0.15) is 6.61 Å². The Morgan fingerprint density at radius 2 is 1.81 bits per heavy atom. The zero-order valence-corrected chi connectivity index (χ0v) is 12.3. The third kappa shape index (κ3) is 5.70. The molecule has 0 aliphatic carbocycles. The molecular formula is C14H19NO6. The van der Waals surface area contributed by atoms with Crippen LogP contribution in [0.4, 0.5) is 5.69 Å². The molecule has 0 radical (unpaired) electrons. The van der Waals surface area contributed by atoms with Crippen LogP contribution in [0.5, 0.6) is 11.5 Å². The van der Waals surface area contributed by atoms with Gasteiger partial charge >= 0.3 is 5.97 Å². The Kier molecular flexibility index (Phi) is 7.03. The quantitative estimate of drug-likeness (QED) is 0.726. The molecule has 1 aromatic rings. The van der Waals surface area contributed by atoms with Gasteiger partial charge in [0.05, 0.1) is 14.2 Å². The minimum atomic E-state index is -0.584. The van der Waals surface area contributed by atoms with Crippen molar-refractivity contribution < 1.29 is 28.5 Å². The number of benzene rings is 1. The van der Waals surface area contributed by atoms with Crippen LogP contribution in [0.15, 0.2) is 18.2 Å². The first kappa shape index (κ1) is 16.8. The van der Waals surface area contributed by atoms with Crippen LogP contribution in [-0.2, 0) is 19.1 Å². The molecule has 1 aromatic carbocycles. The summed E-state index contributed by atoms with van der Waals surface area (Å²) in [6.45, 7) is 1.63. The summed E-state index contributed by atoms with van der Waals surface area (Å²) in [5.74, 6) is 0.00802. The average molecular weight is 297 g/mol. The molecule has 0 bridgehead atoms. The van der Waals surface area contributed by atoms with E-state index in [-0.39, 0.29) is 13.2 Å². The van der Waals surface area contributed by atoms with Crippen molar-refractivity contribution in [2.45, 2.75) is 6.92 Å². The number of hydrogen-bond donors (Lipinski definition) is 1. The molecule has 7 nitrogen and oxygen atoms in total. The lowest BCUT2D eigenvalue weighted by atomic mass is 10.2. The molecule has 7 heteroatoms. The summed E-state index contributed by atoms with van der Waals surface area (Å²) in [5, 5.41) is 2.59. The molecule has 1 N–H and O–H groups in total. The van der Waals surface area contributed by atoms with Gasteiger partial charge in [-0.1, -0.05) is 0 Å². The molecule has 0 aliphatic rings. The van der Waals surface area contributed by atoms with Crippen LogP contribution in [0.25, 0.3) is 0 Å². The zero-order chi connectivity index (χ0) is 15.7. The number of amides is 1. The van der Waals surface area contributed by atoms with Crippen LogP contribution in [-0.4, -0.2) is 45.9 Å². The Bertz CT molecular complexity index is 488. The van der Waals surface area contributed by atoms with Crippen LogP contribution < -0.4 is 14.8 Å². The molecule has 1 rings (SSSR count). The van der Waals surface area contributed by atoms with Gasteiger partial charge in [-0.15, -0.1) is 0 Å². The van der Waals surface area contributed by atoms with E-state index in [9.17, 15) is 9.59 Å². The first-order valence-electron chi connectivity index (χ1n) is 6.36. The second-order valence-electron chi connectivity index (χ2n) is 3.92. The van der Waals surface area contributed by atoms with Crippen molar-refractivity contribution >= 4 is 17.6 Å². The number of rotatable bonds is 8. The second-order valence-corrected chi connectivity index (χ2v) is 3.92. The molecular weight excluding hydrogens is 278 g/mol. The van der Waals surface area contributed by atoms with E-state index in [1.807, 2.05) is 0 Å². The van der Waals surface area contributed by atoms with Crippen LogP contribution in [0, 0.1) is 0 Å². The largest absolute Gasteiger partial charge is 0.493 e. The number of nitrogens with one attached hydrogen (secondary N) is 1. The third-order valence-electron chi connectivity index (χ3n) is 2.46. The SMILES string of the molecule is CCOCC(=O)OCC(=O)Nc1ccc(OC)c(OC)c1. The number of carbonyl (C=O) groups is 2.